The van der Waals surface area contributed by atoms with Crippen LogP contribution >= 0.6 is 0 Å². The van der Waals surface area contributed by atoms with Crippen LogP contribution in [-0.2, 0) is 0 Å². The van der Waals surface area contributed by atoms with Gasteiger partial charge in [-0.2, -0.15) is 4.98 Å². The molecule has 0 spiro atoms. The summed E-state index contributed by atoms with van der Waals surface area (Å²) in [6, 6.07) is 6.08. The lowest BCUT2D eigenvalue weighted by Crippen LogP contribution is -2.08. The van der Waals surface area contributed by atoms with Crippen molar-refractivity contribution in [1.82, 2.24) is 15.5 Å². The van der Waals surface area contributed by atoms with Gasteiger partial charge in [-0.15, -0.1) is 0 Å². The Bertz CT molecular complexity index is 503. The summed E-state index contributed by atoms with van der Waals surface area (Å²) in [4.78, 5) is 4.35. The number of hydrogen-bond donors (Lipinski definition) is 1. The maximum Gasteiger partial charge on any atom is 0.231 e. The molecule has 0 radical (unpaired) electrons. The van der Waals surface area contributed by atoms with E-state index in [1.165, 1.54) is 12.1 Å². The number of hydrogen-bond acceptors (Lipinski definition) is 4. The number of nitrogens with one attached hydrogen (secondary N) is 1. The third-order valence-electron chi connectivity index (χ3n) is 2.95. The van der Waals surface area contributed by atoms with Crippen molar-refractivity contribution in [1.29, 1.82) is 0 Å². The molecule has 1 N–H and O–H groups in total. The minimum atomic E-state index is -0.266. The largest absolute Gasteiger partial charge is 0.339 e. The number of rotatable bonds is 2. The van der Waals surface area contributed by atoms with E-state index in [9.17, 15) is 4.39 Å². The molecule has 1 aliphatic rings. The quantitative estimate of drug-likeness (QED) is 0.861. The zero-order valence-electron chi connectivity index (χ0n) is 9.19. The summed E-state index contributed by atoms with van der Waals surface area (Å²) in [6.45, 7) is 1.87. The van der Waals surface area contributed by atoms with Gasteiger partial charge >= 0.3 is 0 Å². The van der Waals surface area contributed by atoms with Gasteiger partial charge in [-0.25, -0.2) is 4.39 Å². The van der Waals surface area contributed by atoms with Crippen LogP contribution in [0.2, 0.25) is 0 Å². The van der Waals surface area contributed by atoms with E-state index in [-0.39, 0.29) is 5.82 Å². The Morgan fingerprint density at radius 3 is 2.82 bits per heavy atom. The normalized spacial score (nSPS) is 19.7. The van der Waals surface area contributed by atoms with E-state index in [0.717, 1.165) is 25.1 Å². The molecule has 88 valence electrons. The van der Waals surface area contributed by atoms with E-state index in [2.05, 4.69) is 15.5 Å². The summed E-state index contributed by atoms with van der Waals surface area (Å²) < 4.78 is 18.0. The molecule has 3 rings (SSSR count). The molecule has 1 unspecified atom stereocenters. The third kappa shape index (κ3) is 2.06. The van der Waals surface area contributed by atoms with Crippen molar-refractivity contribution in [3.63, 3.8) is 0 Å². The number of halogens is 1. The van der Waals surface area contributed by atoms with E-state index in [0.29, 0.717) is 17.6 Å². The lowest BCUT2D eigenvalue weighted by molar-refractivity contribution is 0.359. The Labute approximate surface area is 97.8 Å². The van der Waals surface area contributed by atoms with Gasteiger partial charge in [-0.1, -0.05) is 5.16 Å². The molecular formula is C12H12FN3O. The van der Waals surface area contributed by atoms with Gasteiger partial charge in [0.1, 0.15) is 5.82 Å². The fraction of sp³-hybridized carbons (Fsp3) is 0.333. The van der Waals surface area contributed by atoms with Crippen LogP contribution in [0.1, 0.15) is 18.2 Å². The maximum absolute atomic E-state index is 12.8. The molecule has 0 bridgehead atoms. The first kappa shape index (κ1) is 10.4. The van der Waals surface area contributed by atoms with E-state index >= 15 is 0 Å². The van der Waals surface area contributed by atoms with Crippen LogP contribution < -0.4 is 5.32 Å². The van der Waals surface area contributed by atoms with Gasteiger partial charge < -0.3 is 9.84 Å². The third-order valence-corrected chi connectivity index (χ3v) is 2.95. The molecule has 1 atom stereocenters. The van der Waals surface area contributed by atoms with Gasteiger partial charge in [0.25, 0.3) is 0 Å². The van der Waals surface area contributed by atoms with Crippen molar-refractivity contribution >= 4 is 0 Å². The molecule has 0 saturated carbocycles. The lowest BCUT2D eigenvalue weighted by atomic mass is 10.1. The summed E-state index contributed by atoms with van der Waals surface area (Å²) in [6.07, 6.45) is 1.02. The molecular weight excluding hydrogens is 221 g/mol. The smallest absolute Gasteiger partial charge is 0.231 e. The van der Waals surface area contributed by atoms with Crippen molar-refractivity contribution in [2.24, 2.45) is 0 Å². The predicted molar refractivity (Wildman–Crippen MR) is 59.9 cm³/mol. The van der Waals surface area contributed by atoms with Crippen molar-refractivity contribution in [3.8, 4) is 11.4 Å². The first-order valence-corrected chi connectivity index (χ1v) is 5.63. The summed E-state index contributed by atoms with van der Waals surface area (Å²) in [5.41, 5.74) is 0.771. The molecule has 1 aromatic carbocycles. The first-order chi connectivity index (χ1) is 8.33. The fourth-order valence-electron chi connectivity index (χ4n) is 1.98. The summed E-state index contributed by atoms with van der Waals surface area (Å²) in [7, 11) is 0. The Kier molecular flexibility index (Phi) is 2.60. The molecule has 4 nitrogen and oxygen atoms in total. The Balaban J connectivity index is 1.86. The first-order valence-electron chi connectivity index (χ1n) is 5.63. The van der Waals surface area contributed by atoms with Crippen molar-refractivity contribution in [2.45, 2.75) is 12.3 Å². The second-order valence-corrected chi connectivity index (χ2v) is 4.15. The van der Waals surface area contributed by atoms with E-state index < -0.39 is 0 Å². The molecule has 0 amide bonds. The van der Waals surface area contributed by atoms with Gasteiger partial charge in [0, 0.05) is 12.1 Å². The minimum absolute atomic E-state index is 0.266. The highest BCUT2D eigenvalue weighted by atomic mass is 19.1. The number of aromatic nitrogens is 2. The highest BCUT2D eigenvalue weighted by Gasteiger charge is 2.22. The summed E-state index contributed by atoms with van der Waals surface area (Å²) >= 11 is 0. The lowest BCUT2D eigenvalue weighted by Gasteiger charge is -1.98. The van der Waals surface area contributed by atoms with Crippen LogP contribution in [0.3, 0.4) is 0 Å². The molecule has 2 heterocycles. The highest BCUT2D eigenvalue weighted by Crippen LogP contribution is 2.23. The van der Waals surface area contributed by atoms with Gasteiger partial charge in [0.15, 0.2) is 0 Å². The average molecular weight is 233 g/mol. The van der Waals surface area contributed by atoms with Crippen molar-refractivity contribution in [2.75, 3.05) is 13.1 Å². The topological polar surface area (TPSA) is 51.0 Å². The zero-order valence-corrected chi connectivity index (χ0v) is 9.19. The monoisotopic (exact) mass is 233 g/mol. The van der Waals surface area contributed by atoms with E-state index in [1.54, 1.807) is 12.1 Å². The molecule has 1 aliphatic heterocycles. The predicted octanol–water partition coefficient (Wildman–Crippen LogP) is 1.95. The van der Waals surface area contributed by atoms with Gasteiger partial charge in [-0.3, -0.25) is 0 Å². The Morgan fingerprint density at radius 2 is 2.12 bits per heavy atom. The molecule has 5 heteroatoms. The Hall–Kier alpha value is -1.75. The van der Waals surface area contributed by atoms with Gasteiger partial charge in [0.2, 0.25) is 11.7 Å². The van der Waals surface area contributed by atoms with Crippen LogP contribution in [0, 0.1) is 5.82 Å². The standard InChI is InChI=1S/C12H12FN3O/c13-10-3-1-8(2-4-10)11-15-12(17-16-11)9-5-6-14-7-9/h1-4,9,14H,5-7H2. The second kappa shape index (κ2) is 4.25. The maximum atomic E-state index is 12.8. The van der Waals surface area contributed by atoms with Crippen LogP contribution in [0.15, 0.2) is 28.8 Å². The van der Waals surface area contributed by atoms with E-state index in [4.69, 9.17) is 4.52 Å². The Morgan fingerprint density at radius 1 is 1.29 bits per heavy atom. The summed E-state index contributed by atoms with van der Waals surface area (Å²) in [5.74, 6) is 1.22. The number of benzene rings is 1. The zero-order chi connectivity index (χ0) is 11.7. The molecule has 1 saturated heterocycles. The second-order valence-electron chi connectivity index (χ2n) is 4.15. The van der Waals surface area contributed by atoms with Crippen LogP contribution in [0.4, 0.5) is 4.39 Å². The van der Waals surface area contributed by atoms with E-state index in [1.807, 2.05) is 0 Å². The van der Waals surface area contributed by atoms with Crippen LogP contribution in [0.5, 0.6) is 0 Å². The SMILES string of the molecule is Fc1ccc(-c2noc(C3CCNC3)n2)cc1. The summed E-state index contributed by atoms with van der Waals surface area (Å²) in [5, 5.41) is 7.17. The van der Waals surface area contributed by atoms with Gasteiger partial charge in [-0.05, 0) is 37.2 Å². The van der Waals surface area contributed by atoms with Gasteiger partial charge in [0.05, 0.1) is 5.92 Å². The van der Waals surface area contributed by atoms with Crippen LogP contribution in [0.25, 0.3) is 11.4 Å². The fourth-order valence-corrected chi connectivity index (χ4v) is 1.98. The molecule has 0 aliphatic carbocycles. The highest BCUT2D eigenvalue weighted by molar-refractivity contribution is 5.53. The molecule has 1 fully saturated rings. The average Bonchev–Trinajstić information content (AvgIpc) is 3.00. The van der Waals surface area contributed by atoms with Crippen molar-refractivity contribution < 1.29 is 8.91 Å². The molecule has 17 heavy (non-hydrogen) atoms. The van der Waals surface area contributed by atoms with Crippen molar-refractivity contribution in [3.05, 3.63) is 36.0 Å². The molecule has 2 aromatic rings. The number of nitrogens with zero attached hydrogens (tertiary/aromatic N) is 2. The molecule has 1 aromatic heterocycles. The van der Waals surface area contributed by atoms with Crippen LogP contribution in [-0.4, -0.2) is 23.2 Å². The minimum Gasteiger partial charge on any atom is -0.339 e.